The minimum absolute atomic E-state index is 0.0748. The van der Waals surface area contributed by atoms with Gasteiger partial charge in [-0.1, -0.05) is 26.0 Å². The number of nitrogens with one attached hydrogen (secondary N) is 2. The van der Waals surface area contributed by atoms with Crippen molar-refractivity contribution in [3.8, 4) is 0 Å². The normalized spacial score (nSPS) is 13.7. The van der Waals surface area contributed by atoms with Gasteiger partial charge in [-0.15, -0.1) is 0 Å². The van der Waals surface area contributed by atoms with Crippen LogP contribution < -0.4 is 10.6 Å². The molecule has 0 heterocycles. The molecule has 0 bridgehead atoms. The second-order valence-electron chi connectivity index (χ2n) is 6.68. The predicted molar refractivity (Wildman–Crippen MR) is 91.8 cm³/mol. The van der Waals surface area contributed by atoms with Crippen LogP contribution in [-0.2, 0) is 27.0 Å². The topological polar surface area (TPSA) is 95.5 Å². The second kappa shape index (κ2) is 9.38. The molecule has 0 saturated heterocycles. The molecule has 0 radical (unpaired) electrons. The van der Waals surface area contributed by atoms with Gasteiger partial charge in [-0.2, -0.15) is 13.2 Å². The number of carboxylic acid groups (broad SMARTS) is 1. The minimum atomic E-state index is -4.48. The Labute approximate surface area is 155 Å². The Bertz CT molecular complexity index is 672. The Kier molecular flexibility index (Phi) is 7.81. The summed E-state index contributed by atoms with van der Waals surface area (Å²) < 4.78 is 37.8. The molecule has 1 aromatic carbocycles. The van der Waals surface area contributed by atoms with Crippen molar-refractivity contribution >= 4 is 17.8 Å². The molecule has 0 unspecified atom stereocenters. The Morgan fingerprint density at radius 1 is 1.04 bits per heavy atom. The van der Waals surface area contributed by atoms with Crippen LogP contribution in [0.3, 0.4) is 0 Å². The van der Waals surface area contributed by atoms with Gasteiger partial charge in [-0.05, 0) is 30.0 Å². The number of alkyl halides is 3. The maximum Gasteiger partial charge on any atom is 0.416 e. The zero-order chi connectivity index (χ0) is 20.8. The van der Waals surface area contributed by atoms with Gasteiger partial charge in [0.05, 0.1) is 5.56 Å². The number of rotatable bonds is 8. The molecule has 6 nitrogen and oxygen atoms in total. The number of benzene rings is 1. The fourth-order valence-electron chi connectivity index (χ4n) is 2.49. The minimum Gasteiger partial charge on any atom is -0.480 e. The summed E-state index contributed by atoms with van der Waals surface area (Å²) in [6.45, 7) is 4.94. The van der Waals surface area contributed by atoms with Crippen LogP contribution in [0.2, 0.25) is 0 Å². The van der Waals surface area contributed by atoms with Crippen molar-refractivity contribution in [2.45, 2.75) is 51.9 Å². The molecule has 0 aliphatic carbocycles. The molecule has 1 aromatic rings. The highest BCUT2D eigenvalue weighted by Gasteiger charge is 2.30. The third-order valence-electron chi connectivity index (χ3n) is 3.74. The van der Waals surface area contributed by atoms with E-state index in [9.17, 15) is 32.7 Å². The molecule has 0 spiro atoms. The van der Waals surface area contributed by atoms with Crippen molar-refractivity contribution in [1.29, 1.82) is 0 Å². The number of aliphatic carboxylic acids is 1. The van der Waals surface area contributed by atoms with Gasteiger partial charge in [0.25, 0.3) is 0 Å². The number of hydrogen-bond donors (Lipinski definition) is 3. The van der Waals surface area contributed by atoms with Crippen molar-refractivity contribution in [3.05, 3.63) is 35.4 Å². The lowest BCUT2D eigenvalue weighted by atomic mass is 10.0. The Morgan fingerprint density at radius 2 is 1.59 bits per heavy atom. The fourth-order valence-corrected chi connectivity index (χ4v) is 2.49. The van der Waals surface area contributed by atoms with Crippen LogP contribution in [-0.4, -0.2) is 35.0 Å². The van der Waals surface area contributed by atoms with Crippen molar-refractivity contribution < 1.29 is 32.7 Å². The first kappa shape index (κ1) is 22.5. The van der Waals surface area contributed by atoms with Gasteiger partial charge in [0.1, 0.15) is 12.1 Å². The number of carbonyl (C=O) groups is 3. The summed E-state index contributed by atoms with van der Waals surface area (Å²) in [7, 11) is 0. The first-order valence-electron chi connectivity index (χ1n) is 8.36. The summed E-state index contributed by atoms with van der Waals surface area (Å²) >= 11 is 0. The zero-order valence-electron chi connectivity index (χ0n) is 15.3. The molecule has 1 rings (SSSR count). The van der Waals surface area contributed by atoms with E-state index in [-0.39, 0.29) is 12.3 Å². The molecule has 2 atom stereocenters. The van der Waals surface area contributed by atoms with Gasteiger partial charge >= 0.3 is 12.1 Å². The van der Waals surface area contributed by atoms with Gasteiger partial charge in [0, 0.05) is 13.3 Å². The molecular weight excluding hydrogens is 365 g/mol. The molecule has 27 heavy (non-hydrogen) atoms. The molecule has 0 aliphatic rings. The summed E-state index contributed by atoms with van der Waals surface area (Å²) in [5, 5.41) is 14.2. The van der Waals surface area contributed by atoms with E-state index < -0.39 is 41.6 Å². The Hall–Kier alpha value is -2.58. The van der Waals surface area contributed by atoms with E-state index in [4.69, 9.17) is 0 Å². The summed E-state index contributed by atoms with van der Waals surface area (Å²) in [5.74, 6) is -2.33. The van der Waals surface area contributed by atoms with Crippen LogP contribution in [0.5, 0.6) is 0 Å². The number of amides is 2. The lowest BCUT2D eigenvalue weighted by molar-refractivity contribution is -0.142. The van der Waals surface area contributed by atoms with Crippen LogP contribution in [0, 0.1) is 5.92 Å². The molecule has 0 aliphatic heterocycles. The number of carboxylic acids is 1. The van der Waals surface area contributed by atoms with Crippen LogP contribution in [0.4, 0.5) is 13.2 Å². The highest BCUT2D eigenvalue weighted by atomic mass is 19.4. The highest BCUT2D eigenvalue weighted by Crippen LogP contribution is 2.29. The zero-order valence-corrected chi connectivity index (χ0v) is 15.3. The van der Waals surface area contributed by atoms with E-state index in [0.29, 0.717) is 12.0 Å². The smallest absolute Gasteiger partial charge is 0.416 e. The van der Waals surface area contributed by atoms with Gasteiger partial charge in [-0.25, -0.2) is 4.79 Å². The summed E-state index contributed by atoms with van der Waals surface area (Å²) in [4.78, 5) is 35.1. The second-order valence-corrected chi connectivity index (χ2v) is 6.68. The lowest BCUT2D eigenvalue weighted by Gasteiger charge is -2.22. The van der Waals surface area contributed by atoms with Crippen molar-refractivity contribution in [3.63, 3.8) is 0 Å². The van der Waals surface area contributed by atoms with Crippen molar-refractivity contribution in [2.75, 3.05) is 0 Å². The number of hydrogen-bond acceptors (Lipinski definition) is 3. The summed E-state index contributed by atoms with van der Waals surface area (Å²) in [6.07, 6.45) is -4.35. The van der Waals surface area contributed by atoms with Crippen LogP contribution in [0.15, 0.2) is 24.3 Å². The van der Waals surface area contributed by atoms with E-state index in [0.717, 1.165) is 12.1 Å². The van der Waals surface area contributed by atoms with Gasteiger partial charge in [0.15, 0.2) is 0 Å². The molecule has 0 fully saturated rings. The van der Waals surface area contributed by atoms with Gasteiger partial charge in [-0.3, -0.25) is 9.59 Å². The van der Waals surface area contributed by atoms with Crippen LogP contribution in [0.25, 0.3) is 0 Å². The molecule has 2 amide bonds. The Balaban J connectivity index is 2.87. The highest BCUT2D eigenvalue weighted by molar-refractivity contribution is 5.90. The third kappa shape index (κ3) is 7.67. The van der Waals surface area contributed by atoms with E-state index in [1.54, 1.807) is 0 Å². The average Bonchev–Trinajstić information content (AvgIpc) is 2.52. The summed E-state index contributed by atoms with van der Waals surface area (Å²) in [6, 6.07) is 1.83. The van der Waals surface area contributed by atoms with E-state index in [1.165, 1.54) is 19.1 Å². The lowest BCUT2D eigenvalue weighted by Crippen LogP contribution is -2.52. The van der Waals surface area contributed by atoms with Crippen molar-refractivity contribution in [1.82, 2.24) is 10.6 Å². The average molecular weight is 388 g/mol. The quantitative estimate of drug-likeness (QED) is 0.637. The maximum absolute atomic E-state index is 12.6. The first-order chi connectivity index (χ1) is 12.4. The first-order valence-corrected chi connectivity index (χ1v) is 8.36. The molecule has 0 saturated carbocycles. The van der Waals surface area contributed by atoms with E-state index >= 15 is 0 Å². The SMILES string of the molecule is CC(=O)N[C@@H](CC(C)C)C(=O)N[C@H](Cc1ccc(C(F)(F)F)cc1)C(=O)O. The third-order valence-corrected chi connectivity index (χ3v) is 3.74. The van der Waals surface area contributed by atoms with Gasteiger partial charge in [0.2, 0.25) is 11.8 Å². The van der Waals surface area contributed by atoms with Crippen LogP contribution >= 0.6 is 0 Å². The van der Waals surface area contributed by atoms with E-state index in [1.807, 2.05) is 13.8 Å². The number of halogens is 3. The molecule has 0 aromatic heterocycles. The fraction of sp³-hybridized carbons (Fsp3) is 0.500. The maximum atomic E-state index is 12.6. The predicted octanol–water partition coefficient (Wildman–Crippen LogP) is 2.37. The number of carbonyl (C=O) groups excluding carboxylic acids is 2. The monoisotopic (exact) mass is 388 g/mol. The molecule has 3 N–H and O–H groups in total. The summed E-state index contributed by atoms with van der Waals surface area (Å²) in [5.41, 5.74) is -0.513. The largest absolute Gasteiger partial charge is 0.480 e. The molecule has 9 heteroatoms. The Morgan fingerprint density at radius 3 is 2.00 bits per heavy atom. The standard InChI is InChI=1S/C18H23F3N2O4/c1-10(2)8-14(22-11(3)24)16(25)23-15(17(26)27)9-12-4-6-13(7-5-12)18(19,20)21/h4-7,10,14-15H,8-9H2,1-3H3,(H,22,24)(H,23,25)(H,26,27)/t14-,15+/m0/s1. The molecule has 150 valence electrons. The van der Waals surface area contributed by atoms with Crippen molar-refractivity contribution in [2.24, 2.45) is 5.92 Å². The van der Waals surface area contributed by atoms with E-state index in [2.05, 4.69) is 10.6 Å². The van der Waals surface area contributed by atoms with Crippen LogP contribution in [0.1, 0.15) is 38.3 Å². The van der Waals surface area contributed by atoms with Gasteiger partial charge < -0.3 is 15.7 Å². The molecular formula is C18H23F3N2O4.